The molecular weight excluding hydrogens is 434 g/mol. The first-order valence-corrected chi connectivity index (χ1v) is 9.70. The van der Waals surface area contributed by atoms with Gasteiger partial charge in [-0.3, -0.25) is 9.76 Å². The highest BCUT2D eigenvalue weighted by molar-refractivity contribution is 7.85. The number of hydroxylamine groups is 1. The van der Waals surface area contributed by atoms with Gasteiger partial charge in [0.25, 0.3) is 16.1 Å². The second-order valence-electron chi connectivity index (χ2n) is 5.61. The van der Waals surface area contributed by atoms with Crippen LogP contribution >= 0.6 is 0 Å². The Balaban J connectivity index is 0.000000367. The summed E-state index contributed by atoms with van der Waals surface area (Å²) < 4.78 is 39.7. The highest BCUT2D eigenvalue weighted by atomic mass is 32.2. The van der Waals surface area contributed by atoms with E-state index in [1.54, 1.807) is 18.2 Å². The molecule has 2 aromatic carbocycles. The van der Waals surface area contributed by atoms with Crippen LogP contribution in [0.25, 0.3) is 0 Å². The van der Waals surface area contributed by atoms with Gasteiger partial charge in [-0.05, 0) is 36.1 Å². The summed E-state index contributed by atoms with van der Waals surface area (Å²) in [4.78, 5) is 10.2. The van der Waals surface area contributed by atoms with Gasteiger partial charge in [0.1, 0.15) is 5.56 Å². The SMILES string of the molecule is COc1cccc(C(=NN=C(N)NO)[N+](=O)[O-])c1OC.Cc1ccc(S(=O)(=O)O)cc1. The van der Waals surface area contributed by atoms with Crippen LogP contribution in [0.1, 0.15) is 11.1 Å². The Bertz CT molecular complexity index is 1070. The summed E-state index contributed by atoms with van der Waals surface area (Å²) in [5.41, 5.74) is 7.65. The molecule has 0 radical (unpaired) electrons. The van der Waals surface area contributed by atoms with Gasteiger partial charge in [0.15, 0.2) is 11.5 Å². The van der Waals surface area contributed by atoms with Gasteiger partial charge in [0.2, 0.25) is 0 Å². The summed E-state index contributed by atoms with van der Waals surface area (Å²) >= 11 is 0. The first-order chi connectivity index (χ1) is 14.5. The molecule has 0 amide bonds. The molecule has 0 heterocycles. The summed E-state index contributed by atoms with van der Waals surface area (Å²) in [7, 11) is -1.28. The van der Waals surface area contributed by atoms with Crippen LogP contribution in [0.15, 0.2) is 57.6 Å². The van der Waals surface area contributed by atoms with E-state index in [1.165, 1.54) is 44.0 Å². The Morgan fingerprint density at radius 3 is 2.19 bits per heavy atom. The van der Waals surface area contributed by atoms with Crippen molar-refractivity contribution >= 4 is 21.9 Å². The smallest absolute Gasteiger partial charge is 0.401 e. The summed E-state index contributed by atoms with van der Waals surface area (Å²) in [6, 6.07) is 10.5. The Labute approximate surface area is 177 Å². The highest BCUT2D eigenvalue weighted by Gasteiger charge is 2.24. The fourth-order valence-electron chi connectivity index (χ4n) is 2.09. The number of hydrogen-bond donors (Lipinski definition) is 4. The first-order valence-electron chi connectivity index (χ1n) is 8.26. The average Bonchev–Trinajstić information content (AvgIpc) is 2.73. The molecule has 14 heteroatoms. The maximum absolute atomic E-state index is 11.1. The topological polar surface area (TPSA) is 199 Å². The standard InChI is InChI=1S/C10H13N5O5.C7H8O3S/c1-19-7-5-3-4-6(8(7)20-2)9(15(17)18)12-13-10(11)14-16;1-6-2-4-7(5-3-6)11(8,9)10/h3-5,16H,1-2H3,(H3,11,13,14);2-5H,1H3,(H,8,9,10). The average molecular weight is 455 g/mol. The summed E-state index contributed by atoms with van der Waals surface area (Å²) in [6.45, 7) is 1.84. The van der Waals surface area contributed by atoms with Gasteiger partial charge in [-0.25, -0.2) is 5.48 Å². The molecule has 2 aromatic rings. The van der Waals surface area contributed by atoms with Gasteiger partial charge in [-0.1, -0.05) is 23.8 Å². The zero-order chi connectivity index (χ0) is 23.6. The fraction of sp³-hybridized carbons (Fsp3) is 0.176. The number of methoxy groups -OCH3 is 2. The van der Waals surface area contributed by atoms with Crippen molar-refractivity contribution in [1.82, 2.24) is 5.48 Å². The Hall–Kier alpha value is -3.75. The molecule has 2 rings (SSSR count). The molecule has 0 aromatic heterocycles. The molecular formula is C17H21N5O8S. The third-order valence-electron chi connectivity index (χ3n) is 3.50. The third kappa shape index (κ3) is 7.54. The number of rotatable bonds is 5. The zero-order valence-corrected chi connectivity index (χ0v) is 17.5. The minimum absolute atomic E-state index is 0.0614. The second-order valence-corrected chi connectivity index (χ2v) is 7.03. The van der Waals surface area contributed by atoms with Crippen LogP contribution in [0.2, 0.25) is 0 Å². The Morgan fingerprint density at radius 2 is 1.74 bits per heavy atom. The van der Waals surface area contributed by atoms with Crippen LogP contribution in [-0.4, -0.2) is 49.1 Å². The van der Waals surface area contributed by atoms with Crippen molar-refractivity contribution in [3.05, 3.63) is 63.7 Å². The van der Waals surface area contributed by atoms with Crippen molar-refractivity contribution in [3.8, 4) is 11.5 Å². The number of aryl methyl sites for hydroxylation is 1. The molecule has 0 aliphatic carbocycles. The van der Waals surface area contributed by atoms with E-state index in [0.717, 1.165) is 5.56 Å². The molecule has 0 atom stereocenters. The first kappa shape index (κ1) is 25.3. The molecule has 13 nitrogen and oxygen atoms in total. The van der Waals surface area contributed by atoms with Crippen molar-refractivity contribution in [2.24, 2.45) is 15.9 Å². The molecule has 0 unspecified atom stereocenters. The number of nitrogens with zero attached hydrogens (tertiary/aromatic N) is 3. The molecule has 168 valence electrons. The van der Waals surface area contributed by atoms with Gasteiger partial charge in [-0.15, -0.1) is 0 Å². The monoisotopic (exact) mass is 455 g/mol. The predicted molar refractivity (Wildman–Crippen MR) is 111 cm³/mol. The van der Waals surface area contributed by atoms with E-state index >= 15 is 0 Å². The minimum Gasteiger partial charge on any atom is -0.493 e. The number of amidine groups is 1. The molecule has 0 aliphatic rings. The van der Waals surface area contributed by atoms with Crippen LogP contribution in [0.5, 0.6) is 11.5 Å². The number of nitro groups is 1. The number of guanidine groups is 1. The van der Waals surface area contributed by atoms with Crippen molar-refractivity contribution in [3.63, 3.8) is 0 Å². The van der Waals surface area contributed by atoms with Gasteiger partial charge in [0, 0.05) is 5.10 Å². The number of nitrogens with one attached hydrogen (secondary N) is 1. The summed E-state index contributed by atoms with van der Waals surface area (Å²) in [5, 5.41) is 26.1. The quantitative estimate of drug-likeness (QED) is 0.167. The van der Waals surface area contributed by atoms with E-state index in [1.807, 2.05) is 6.92 Å². The lowest BCUT2D eigenvalue weighted by molar-refractivity contribution is -0.349. The zero-order valence-electron chi connectivity index (χ0n) is 16.7. The number of hydrogen-bond acceptors (Lipinski definition) is 9. The van der Waals surface area contributed by atoms with E-state index in [0.29, 0.717) is 5.75 Å². The molecule has 0 fully saturated rings. The Morgan fingerprint density at radius 1 is 1.13 bits per heavy atom. The van der Waals surface area contributed by atoms with Crippen molar-refractivity contribution in [1.29, 1.82) is 0 Å². The van der Waals surface area contributed by atoms with Gasteiger partial charge < -0.3 is 25.3 Å². The number of ether oxygens (including phenoxy) is 2. The maximum atomic E-state index is 11.1. The highest BCUT2D eigenvalue weighted by Crippen LogP contribution is 2.31. The fourth-order valence-corrected chi connectivity index (χ4v) is 2.57. The third-order valence-corrected chi connectivity index (χ3v) is 4.37. The molecule has 0 saturated heterocycles. The molecule has 31 heavy (non-hydrogen) atoms. The lowest BCUT2D eigenvalue weighted by Crippen LogP contribution is -2.28. The molecule has 0 saturated carbocycles. The minimum atomic E-state index is -4.02. The van der Waals surface area contributed by atoms with Crippen LogP contribution in [0.4, 0.5) is 0 Å². The lowest BCUT2D eigenvalue weighted by atomic mass is 10.1. The van der Waals surface area contributed by atoms with E-state index in [4.69, 9.17) is 25.0 Å². The van der Waals surface area contributed by atoms with E-state index in [-0.39, 0.29) is 16.2 Å². The molecule has 0 spiro atoms. The van der Waals surface area contributed by atoms with Crippen molar-refractivity contribution < 1.29 is 32.6 Å². The predicted octanol–water partition coefficient (Wildman–Crippen LogP) is 1.18. The van der Waals surface area contributed by atoms with Crippen LogP contribution in [0.3, 0.4) is 0 Å². The number of nitrogens with two attached hydrogens (primary N) is 1. The van der Waals surface area contributed by atoms with Crippen molar-refractivity contribution in [2.45, 2.75) is 11.8 Å². The maximum Gasteiger partial charge on any atom is 0.401 e. The number of para-hydroxylation sites is 1. The van der Waals surface area contributed by atoms with Crippen molar-refractivity contribution in [2.75, 3.05) is 14.2 Å². The van der Waals surface area contributed by atoms with Crippen LogP contribution < -0.4 is 20.7 Å². The molecule has 0 aliphatic heterocycles. The van der Waals surface area contributed by atoms with Gasteiger partial charge in [0.05, 0.1) is 24.2 Å². The van der Waals surface area contributed by atoms with Crippen LogP contribution in [0, 0.1) is 17.0 Å². The molecule has 5 N–H and O–H groups in total. The van der Waals surface area contributed by atoms with E-state index in [2.05, 4.69) is 10.2 Å². The normalized spacial score (nSPS) is 11.8. The largest absolute Gasteiger partial charge is 0.493 e. The van der Waals surface area contributed by atoms with E-state index in [9.17, 15) is 18.5 Å². The van der Waals surface area contributed by atoms with Gasteiger partial charge >= 0.3 is 5.84 Å². The molecule has 0 bridgehead atoms. The summed E-state index contributed by atoms with van der Waals surface area (Å²) in [5.74, 6) is -0.668. The van der Waals surface area contributed by atoms with E-state index < -0.39 is 26.8 Å². The van der Waals surface area contributed by atoms with Gasteiger partial charge in [-0.2, -0.15) is 8.42 Å². The van der Waals surface area contributed by atoms with Crippen LogP contribution in [-0.2, 0) is 10.1 Å². The number of benzene rings is 2. The summed E-state index contributed by atoms with van der Waals surface area (Å²) in [6.07, 6.45) is 0. The second kappa shape index (κ2) is 11.4. The lowest BCUT2D eigenvalue weighted by Gasteiger charge is -2.09. The Kier molecular flexibility index (Phi) is 9.33.